The molecule has 1 fully saturated rings. The molecule has 0 radical (unpaired) electrons. The van der Waals surface area contributed by atoms with E-state index in [0.29, 0.717) is 13.0 Å². The van der Waals surface area contributed by atoms with Crippen molar-refractivity contribution in [2.24, 2.45) is 11.7 Å². The van der Waals surface area contributed by atoms with Crippen LogP contribution in [0.4, 0.5) is 8.78 Å². The highest BCUT2D eigenvalue weighted by molar-refractivity contribution is 5.76. The molecule has 0 aromatic rings. The molecular weight excluding hydrogens is 178 g/mol. The third-order valence-corrected chi connectivity index (χ3v) is 2.29. The number of amides is 1. The maximum Gasteiger partial charge on any atom is 0.243 e. The molecule has 1 amide bonds. The SMILES string of the molecule is NCCC(=O)N1CCC(C(F)F)C1. The van der Waals surface area contributed by atoms with Gasteiger partial charge in [0.05, 0.1) is 0 Å². The molecule has 1 atom stereocenters. The summed E-state index contributed by atoms with van der Waals surface area (Å²) in [5.74, 6) is -0.743. The van der Waals surface area contributed by atoms with Gasteiger partial charge in [0.2, 0.25) is 12.3 Å². The molecule has 5 heteroatoms. The van der Waals surface area contributed by atoms with E-state index in [2.05, 4.69) is 0 Å². The fourth-order valence-electron chi connectivity index (χ4n) is 1.50. The summed E-state index contributed by atoms with van der Waals surface area (Å²) in [4.78, 5) is 12.7. The second-order valence-corrected chi connectivity index (χ2v) is 3.26. The van der Waals surface area contributed by atoms with E-state index in [1.807, 2.05) is 0 Å². The highest BCUT2D eigenvalue weighted by Crippen LogP contribution is 2.22. The second kappa shape index (κ2) is 4.50. The number of alkyl halides is 2. The average molecular weight is 192 g/mol. The molecule has 0 bridgehead atoms. The van der Waals surface area contributed by atoms with Gasteiger partial charge in [0, 0.05) is 32.0 Å². The van der Waals surface area contributed by atoms with Gasteiger partial charge in [0.1, 0.15) is 0 Å². The van der Waals surface area contributed by atoms with E-state index in [9.17, 15) is 13.6 Å². The molecule has 1 aliphatic rings. The van der Waals surface area contributed by atoms with Crippen LogP contribution in [-0.2, 0) is 4.79 Å². The van der Waals surface area contributed by atoms with Crippen LogP contribution >= 0.6 is 0 Å². The summed E-state index contributed by atoms with van der Waals surface area (Å²) in [6.07, 6.45) is -1.64. The molecule has 1 rings (SSSR count). The number of nitrogens with zero attached hydrogens (tertiary/aromatic N) is 1. The van der Waals surface area contributed by atoms with Crippen molar-refractivity contribution in [3.63, 3.8) is 0 Å². The van der Waals surface area contributed by atoms with E-state index in [1.165, 1.54) is 4.90 Å². The Morgan fingerprint density at radius 3 is 2.77 bits per heavy atom. The van der Waals surface area contributed by atoms with Crippen LogP contribution in [0.1, 0.15) is 12.8 Å². The largest absolute Gasteiger partial charge is 0.342 e. The summed E-state index contributed by atoms with van der Waals surface area (Å²) in [5.41, 5.74) is 5.20. The molecule has 3 nitrogen and oxygen atoms in total. The number of hydrogen-bond donors (Lipinski definition) is 1. The van der Waals surface area contributed by atoms with Gasteiger partial charge in [-0.3, -0.25) is 4.79 Å². The molecule has 13 heavy (non-hydrogen) atoms. The molecule has 0 aromatic heterocycles. The molecule has 0 aliphatic carbocycles. The second-order valence-electron chi connectivity index (χ2n) is 3.26. The summed E-state index contributed by atoms with van der Waals surface area (Å²) in [7, 11) is 0. The third-order valence-electron chi connectivity index (χ3n) is 2.29. The first kappa shape index (κ1) is 10.4. The van der Waals surface area contributed by atoms with Crippen LogP contribution in [0.2, 0.25) is 0 Å². The van der Waals surface area contributed by atoms with Gasteiger partial charge in [-0.05, 0) is 6.42 Å². The van der Waals surface area contributed by atoms with E-state index in [-0.39, 0.29) is 25.4 Å². The molecule has 1 aliphatic heterocycles. The Hall–Kier alpha value is -0.710. The molecule has 1 unspecified atom stereocenters. The molecule has 0 saturated carbocycles. The van der Waals surface area contributed by atoms with Crippen molar-refractivity contribution in [1.29, 1.82) is 0 Å². The Kier molecular flexibility index (Phi) is 3.59. The summed E-state index contributed by atoms with van der Waals surface area (Å²) < 4.78 is 24.4. The lowest BCUT2D eigenvalue weighted by molar-refractivity contribution is -0.130. The van der Waals surface area contributed by atoms with Crippen molar-refractivity contribution < 1.29 is 13.6 Å². The maximum absolute atomic E-state index is 12.2. The summed E-state index contributed by atoms with van der Waals surface area (Å²) in [6.45, 7) is 0.930. The van der Waals surface area contributed by atoms with Crippen molar-refractivity contribution in [3.05, 3.63) is 0 Å². The van der Waals surface area contributed by atoms with Crippen molar-refractivity contribution in [2.75, 3.05) is 19.6 Å². The van der Waals surface area contributed by atoms with Gasteiger partial charge < -0.3 is 10.6 Å². The zero-order valence-electron chi connectivity index (χ0n) is 7.38. The molecule has 0 spiro atoms. The van der Waals surface area contributed by atoms with E-state index < -0.39 is 12.3 Å². The normalized spacial score (nSPS) is 22.8. The quantitative estimate of drug-likeness (QED) is 0.705. The van der Waals surface area contributed by atoms with Crippen molar-refractivity contribution in [2.45, 2.75) is 19.3 Å². The maximum atomic E-state index is 12.2. The first-order valence-electron chi connectivity index (χ1n) is 4.41. The molecule has 1 saturated heterocycles. The standard InChI is InChI=1S/C8H14F2N2O/c9-8(10)6-2-4-12(5-6)7(13)1-3-11/h6,8H,1-5,11H2. The first-order valence-corrected chi connectivity index (χ1v) is 4.41. The highest BCUT2D eigenvalue weighted by atomic mass is 19.3. The smallest absolute Gasteiger partial charge is 0.243 e. The topological polar surface area (TPSA) is 46.3 Å². The minimum atomic E-state index is -2.31. The van der Waals surface area contributed by atoms with E-state index in [4.69, 9.17) is 5.73 Å². The van der Waals surface area contributed by atoms with Crippen LogP contribution in [0.5, 0.6) is 0 Å². The Labute approximate surface area is 75.9 Å². The summed E-state index contributed by atoms with van der Waals surface area (Å²) in [6, 6.07) is 0. The van der Waals surface area contributed by atoms with E-state index >= 15 is 0 Å². The lowest BCUT2D eigenvalue weighted by atomic mass is 10.1. The fraction of sp³-hybridized carbons (Fsp3) is 0.875. The fourth-order valence-corrected chi connectivity index (χ4v) is 1.50. The van der Waals surface area contributed by atoms with Gasteiger partial charge in [-0.2, -0.15) is 0 Å². The average Bonchev–Trinajstić information content (AvgIpc) is 2.52. The van der Waals surface area contributed by atoms with Crippen molar-refractivity contribution in [3.8, 4) is 0 Å². The number of carbonyl (C=O) groups excluding carboxylic acids is 1. The summed E-state index contributed by atoms with van der Waals surface area (Å²) in [5, 5.41) is 0. The van der Waals surface area contributed by atoms with Crippen LogP contribution < -0.4 is 5.73 Å². The van der Waals surface area contributed by atoms with Crippen LogP contribution in [-0.4, -0.2) is 36.9 Å². The lowest BCUT2D eigenvalue weighted by Crippen LogP contribution is -2.31. The Morgan fingerprint density at radius 1 is 1.62 bits per heavy atom. The minimum absolute atomic E-state index is 0.106. The molecule has 0 aromatic carbocycles. The van der Waals surface area contributed by atoms with Gasteiger partial charge >= 0.3 is 0 Å². The Morgan fingerprint density at radius 2 is 2.31 bits per heavy atom. The van der Waals surface area contributed by atoms with Gasteiger partial charge in [-0.25, -0.2) is 8.78 Å². The van der Waals surface area contributed by atoms with Crippen LogP contribution in [0, 0.1) is 5.92 Å². The minimum Gasteiger partial charge on any atom is -0.342 e. The van der Waals surface area contributed by atoms with Gasteiger partial charge in [0.25, 0.3) is 0 Å². The van der Waals surface area contributed by atoms with Crippen LogP contribution in [0.25, 0.3) is 0 Å². The van der Waals surface area contributed by atoms with Crippen molar-refractivity contribution >= 4 is 5.91 Å². The predicted molar refractivity (Wildman–Crippen MR) is 44.4 cm³/mol. The van der Waals surface area contributed by atoms with Gasteiger partial charge in [-0.15, -0.1) is 0 Å². The number of nitrogens with two attached hydrogens (primary N) is 1. The van der Waals surface area contributed by atoms with Gasteiger partial charge in [-0.1, -0.05) is 0 Å². The predicted octanol–water partition coefficient (Wildman–Crippen LogP) is 0.449. The van der Waals surface area contributed by atoms with Crippen LogP contribution in [0.15, 0.2) is 0 Å². The molecule has 2 N–H and O–H groups in total. The van der Waals surface area contributed by atoms with E-state index in [0.717, 1.165) is 0 Å². The number of likely N-dealkylation sites (tertiary alicyclic amines) is 1. The molecule has 76 valence electrons. The molecule has 1 heterocycles. The van der Waals surface area contributed by atoms with E-state index in [1.54, 1.807) is 0 Å². The Balaban J connectivity index is 2.36. The lowest BCUT2D eigenvalue weighted by Gasteiger charge is -2.15. The first-order chi connectivity index (χ1) is 6.15. The molecular formula is C8H14F2N2O. The number of hydrogen-bond acceptors (Lipinski definition) is 2. The highest BCUT2D eigenvalue weighted by Gasteiger charge is 2.31. The van der Waals surface area contributed by atoms with Crippen molar-refractivity contribution in [1.82, 2.24) is 4.90 Å². The van der Waals surface area contributed by atoms with Gasteiger partial charge in [0.15, 0.2) is 0 Å². The zero-order valence-corrected chi connectivity index (χ0v) is 7.38. The number of halogens is 2. The van der Waals surface area contributed by atoms with Crippen LogP contribution in [0.3, 0.4) is 0 Å². The monoisotopic (exact) mass is 192 g/mol. The number of rotatable bonds is 3. The summed E-state index contributed by atoms with van der Waals surface area (Å²) >= 11 is 0. The third kappa shape index (κ3) is 2.62. The number of carbonyl (C=O) groups is 1. The zero-order chi connectivity index (χ0) is 9.84. The Bertz CT molecular complexity index is 187.